The molecule has 146 valence electrons. The second-order valence-electron chi connectivity index (χ2n) is 8.46. The summed E-state index contributed by atoms with van der Waals surface area (Å²) in [6.07, 6.45) is 5.51. The van der Waals surface area contributed by atoms with Crippen molar-refractivity contribution in [2.24, 2.45) is 11.3 Å². The molecule has 2 fully saturated rings. The Bertz CT molecular complexity index is 389. The molecule has 3 N–H and O–H groups in total. The van der Waals surface area contributed by atoms with Crippen molar-refractivity contribution in [3.8, 4) is 0 Å². The van der Waals surface area contributed by atoms with Gasteiger partial charge in [0.25, 0.3) is 0 Å². The molecule has 0 radical (unpaired) electrons. The van der Waals surface area contributed by atoms with Crippen LogP contribution in [0.25, 0.3) is 0 Å². The first-order valence-electron chi connectivity index (χ1n) is 9.87. The Labute approximate surface area is 152 Å². The van der Waals surface area contributed by atoms with Crippen molar-refractivity contribution in [2.75, 3.05) is 52.5 Å². The minimum atomic E-state index is -0.533. The van der Waals surface area contributed by atoms with Gasteiger partial charge in [-0.1, -0.05) is 13.8 Å². The highest BCUT2D eigenvalue weighted by Crippen LogP contribution is 2.23. The summed E-state index contributed by atoms with van der Waals surface area (Å²) >= 11 is 0. The van der Waals surface area contributed by atoms with E-state index in [0.29, 0.717) is 19.1 Å². The molecule has 0 aliphatic carbocycles. The van der Waals surface area contributed by atoms with Crippen molar-refractivity contribution >= 4 is 6.29 Å². The summed E-state index contributed by atoms with van der Waals surface area (Å²) in [4.78, 5) is 16.5. The highest BCUT2D eigenvalue weighted by atomic mass is 16.3. The molecular formula is C19H37N3O3. The summed E-state index contributed by atoms with van der Waals surface area (Å²) in [5, 5.41) is 22.8. The van der Waals surface area contributed by atoms with E-state index in [1.807, 2.05) is 6.92 Å². The molecule has 25 heavy (non-hydrogen) atoms. The van der Waals surface area contributed by atoms with Gasteiger partial charge in [0, 0.05) is 24.5 Å². The first-order chi connectivity index (χ1) is 12.0. The van der Waals surface area contributed by atoms with Gasteiger partial charge >= 0.3 is 0 Å². The summed E-state index contributed by atoms with van der Waals surface area (Å²) < 4.78 is 0. The van der Waals surface area contributed by atoms with Gasteiger partial charge in [-0.3, -0.25) is 9.80 Å². The number of piperidine rings is 2. The molecule has 1 unspecified atom stereocenters. The number of aldehydes is 1. The predicted octanol–water partition coefficient (Wildman–Crippen LogP) is 0.331. The molecule has 2 aliphatic rings. The number of carbonyl (C=O) groups excluding carboxylic acids is 1. The van der Waals surface area contributed by atoms with E-state index < -0.39 is 5.41 Å². The molecule has 2 rings (SSSR count). The molecular weight excluding hydrogens is 318 g/mol. The van der Waals surface area contributed by atoms with Crippen LogP contribution < -0.4 is 5.32 Å². The molecule has 6 nitrogen and oxygen atoms in total. The van der Waals surface area contributed by atoms with Gasteiger partial charge in [-0.2, -0.15) is 0 Å². The third-order valence-electron chi connectivity index (χ3n) is 6.04. The maximum Gasteiger partial charge on any atom is 0.138 e. The molecule has 0 aromatic heterocycles. The fourth-order valence-electron chi connectivity index (χ4n) is 4.00. The van der Waals surface area contributed by atoms with Gasteiger partial charge < -0.3 is 20.3 Å². The van der Waals surface area contributed by atoms with Gasteiger partial charge in [-0.15, -0.1) is 0 Å². The predicted molar refractivity (Wildman–Crippen MR) is 99.6 cm³/mol. The zero-order valence-corrected chi connectivity index (χ0v) is 16.0. The van der Waals surface area contributed by atoms with Crippen LogP contribution in [-0.2, 0) is 4.79 Å². The number of aliphatic hydroxyl groups excluding tert-OH is 2. The number of likely N-dealkylation sites (tertiary alicyclic amines) is 1. The highest BCUT2D eigenvalue weighted by molar-refractivity contribution is 5.58. The van der Waals surface area contributed by atoms with Crippen molar-refractivity contribution in [3.05, 3.63) is 0 Å². The van der Waals surface area contributed by atoms with E-state index in [2.05, 4.69) is 22.0 Å². The lowest BCUT2D eigenvalue weighted by atomic mass is 9.90. The SMILES string of the molecule is CC1CCN(C(C=O)CN(CC(C)(CO)CO)C2CCNCC2)CC1. The van der Waals surface area contributed by atoms with Gasteiger partial charge in [-0.25, -0.2) is 0 Å². The van der Waals surface area contributed by atoms with E-state index in [1.165, 1.54) is 0 Å². The van der Waals surface area contributed by atoms with E-state index in [4.69, 9.17) is 0 Å². The van der Waals surface area contributed by atoms with E-state index in [1.54, 1.807) is 0 Å². The summed E-state index contributed by atoms with van der Waals surface area (Å²) in [6.45, 7) is 9.38. The standard InChI is InChI=1S/C19H37N3O3/c1-16-5-9-21(10-6-16)18(12-23)11-22(13-19(2,14-24)15-25)17-3-7-20-8-4-17/h12,16-18,20,24-25H,3-11,13-15H2,1-2H3. The molecule has 0 amide bonds. The van der Waals surface area contributed by atoms with Crippen LogP contribution >= 0.6 is 0 Å². The number of hydrogen-bond acceptors (Lipinski definition) is 6. The van der Waals surface area contributed by atoms with Crippen molar-refractivity contribution in [1.29, 1.82) is 0 Å². The van der Waals surface area contributed by atoms with E-state index in [9.17, 15) is 15.0 Å². The first-order valence-corrected chi connectivity index (χ1v) is 9.87. The third kappa shape index (κ3) is 6.00. The maximum absolute atomic E-state index is 11.8. The summed E-state index contributed by atoms with van der Waals surface area (Å²) in [5.41, 5.74) is -0.533. The smallest absolute Gasteiger partial charge is 0.138 e. The molecule has 0 spiro atoms. The number of hydrogen-bond donors (Lipinski definition) is 3. The maximum atomic E-state index is 11.8. The molecule has 2 aliphatic heterocycles. The number of nitrogens with one attached hydrogen (secondary N) is 1. The lowest BCUT2D eigenvalue weighted by molar-refractivity contribution is -0.114. The second-order valence-corrected chi connectivity index (χ2v) is 8.46. The Kier molecular flexibility index (Phi) is 8.29. The number of aliphatic hydroxyl groups is 2. The van der Waals surface area contributed by atoms with E-state index in [0.717, 1.165) is 64.1 Å². The van der Waals surface area contributed by atoms with E-state index in [-0.39, 0.29) is 19.3 Å². The average Bonchev–Trinajstić information content (AvgIpc) is 2.66. The lowest BCUT2D eigenvalue weighted by Gasteiger charge is -2.43. The third-order valence-corrected chi connectivity index (χ3v) is 6.04. The molecule has 2 saturated heterocycles. The lowest BCUT2D eigenvalue weighted by Crippen LogP contribution is -2.55. The van der Waals surface area contributed by atoms with Crippen molar-refractivity contribution in [2.45, 2.75) is 51.6 Å². The van der Waals surface area contributed by atoms with Crippen LogP contribution in [0.5, 0.6) is 0 Å². The van der Waals surface area contributed by atoms with Crippen molar-refractivity contribution in [1.82, 2.24) is 15.1 Å². The zero-order valence-electron chi connectivity index (χ0n) is 16.0. The molecule has 0 aromatic rings. The van der Waals surface area contributed by atoms with Crippen LogP contribution in [0.1, 0.15) is 39.5 Å². The zero-order chi connectivity index (χ0) is 18.3. The van der Waals surface area contributed by atoms with Gasteiger partial charge in [0.2, 0.25) is 0 Å². The van der Waals surface area contributed by atoms with Crippen molar-refractivity contribution in [3.63, 3.8) is 0 Å². The molecule has 0 bridgehead atoms. The number of carbonyl (C=O) groups is 1. The Morgan fingerprint density at radius 2 is 1.80 bits per heavy atom. The fourth-order valence-corrected chi connectivity index (χ4v) is 4.00. The summed E-state index contributed by atoms with van der Waals surface area (Å²) in [7, 11) is 0. The summed E-state index contributed by atoms with van der Waals surface area (Å²) in [6, 6.07) is 0.314. The minimum absolute atomic E-state index is 0.0437. The topological polar surface area (TPSA) is 76.0 Å². The van der Waals surface area contributed by atoms with Crippen LogP contribution in [-0.4, -0.2) is 90.9 Å². The van der Waals surface area contributed by atoms with Crippen LogP contribution in [0.2, 0.25) is 0 Å². The van der Waals surface area contributed by atoms with Crippen molar-refractivity contribution < 1.29 is 15.0 Å². The van der Waals surface area contributed by atoms with Crippen LogP contribution in [0.3, 0.4) is 0 Å². The van der Waals surface area contributed by atoms with E-state index >= 15 is 0 Å². The molecule has 6 heteroatoms. The molecule has 1 atom stereocenters. The first kappa shape index (κ1) is 20.8. The monoisotopic (exact) mass is 355 g/mol. The van der Waals surface area contributed by atoms with Gasteiger partial charge in [0.05, 0.1) is 19.3 Å². The minimum Gasteiger partial charge on any atom is -0.396 e. The van der Waals surface area contributed by atoms with Crippen LogP contribution in [0.15, 0.2) is 0 Å². The number of nitrogens with zero attached hydrogens (tertiary/aromatic N) is 2. The normalized spacial score (nSPS) is 23.1. The Morgan fingerprint density at radius 3 is 2.32 bits per heavy atom. The van der Waals surface area contributed by atoms with Gasteiger partial charge in [0.1, 0.15) is 6.29 Å². The van der Waals surface area contributed by atoms with Gasteiger partial charge in [0.15, 0.2) is 0 Å². The van der Waals surface area contributed by atoms with Crippen LogP contribution in [0, 0.1) is 11.3 Å². The second kappa shape index (κ2) is 9.97. The molecule has 0 aromatic carbocycles. The Morgan fingerprint density at radius 1 is 1.20 bits per heavy atom. The number of rotatable bonds is 9. The average molecular weight is 356 g/mol. The largest absolute Gasteiger partial charge is 0.396 e. The molecule has 0 saturated carbocycles. The fraction of sp³-hybridized carbons (Fsp3) is 0.947. The highest BCUT2D eigenvalue weighted by Gasteiger charge is 2.33. The summed E-state index contributed by atoms with van der Waals surface area (Å²) in [5.74, 6) is 0.746. The quantitative estimate of drug-likeness (QED) is 0.518. The van der Waals surface area contributed by atoms with Gasteiger partial charge in [-0.05, 0) is 57.8 Å². The molecule has 2 heterocycles. The Hall–Kier alpha value is -0.530. The Balaban J connectivity index is 2.05. The van der Waals surface area contributed by atoms with Crippen LogP contribution in [0.4, 0.5) is 0 Å².